The zero-order valence-electron chi connectivity index (χ0n) is 11.0. The lowest BCUT2D eigenvalue weighted by atomic mass is 9.92. The molecule has 0 fully saturated rings. The van der Waals surface area contributed by atoms with E-state index in [0.717, 1.165) is 5.56 Å². The number of hydrogen-bond acceptors (Lipinski definition) is 4. The number of ether oxygens (including phenoxy) is 1. The molecule has 1 unspecified atom stereocenters. The highest BCUT2D eigenvalue weighted by Crippen LogP contribution is 2.23. The second-order valence-corrected chi connectivity index (χ2v) is 4.84. The van der Waals surface area contributed by atoms with E-state index in [1.54, 1.807) is 39.0 Å². The Morgan fingerprint density at radius 3 is 2.56 bits per heavy atom. The van der Waals surface area contributed by atoms with Gasteiger partial charge in [0.1, 0.15) is 0 Å². The monoisotopic (exact) mass is 252 g/mol. The number of esters is 1. The van der Waals surface area contributed by atoms with Crippen molar-refractivity contribution < 1.29 is 19.7 Å². The van der Waals surface area contributed by atoms with Gasteiger partial charge in [-0.3, -0.25) is 0 Å². The molecule has 0 radical (unpaired) electrons. The lowest BCUT2D eigenvalue weighted by molar-refractivity contribution is -0.153. The molecule has 18 heavy (non-hydrogen) atoms. The maximum absolute atomic E-state index is 11.5. The summed E-state index contributed by atoms with van der Waals surface area (Å²) in [5, 5.41) is 19.8. The van der Waals surface area contributed by atoms with Crippen LogP contribution in [0.2, 0.25) is 0 Å². The number of rotatable bonds is 5. The van der Waals surface area contributed by atoms with E-state index in [9.17, 15) is 15.0 Å². The van der Waals surface area contributed by atoms with Gasteiger partial charge in [0, 0.05) is 6.42 Å². The highest BCUT2D eigenvalue weighted by molar-refractivity contribution is 5.76. The van der Waals surface area contributed by atoms with Crippen LogP contribution in [0.4, 0.5) is 0 Å². The standard InChI is InChI=1S/C14H20O4/c1-4-18-13(16)12(15)11-8-6-5-7-10(11)9-14(2,3)17/h5-8,12,15,17H,4,9H2,1-3H3. The summed E-state index contributed by atoms with van der Waals surface area (Å²) in [6.07, 6.45) is -0.942. The Hall–Kier alpha value is -1.39. The normalized spacial score (nSPS) is 13.2. The molecule has 100 valence electrons. The number of aliphatic hydroxyl groups is 2. The van der Waals surface area contributed by atoms with E-state index in [1.165, 1.54) is 0 Å². The van der Waals surface area contributed by atoms with Crippen molar-refractivity contribution in [2.24, 2.45) is 0 Å². The predicted octanol–water partition coefficient (Wildman–Crippen LogP) is 1.60. The summed E-state index contributed by atoms with van der Waals surface area (Å²) in [7, 11) is 0. The molecular formula is C14H20O4. The van der Waals surface area contributed by atoms with Gasteiger partial charge < -0.3 is 14.9 Å². The van der Waals surface area contributed by atoms with Crippen molar-refractivity contribution in [2.45, 2.75) is 38.9 Å². The number of aliphatic hydroxyl groups excluding tert-OH is 1. The fourth-order valence-electron chi connectivity index (χ4n) is 1.78. The van der Waals surface area contributed by atoms with Crippen molar-refractivity contribution in [1.29, 1.82) is 0 Å². The van der Waals surface area contributed by atoms with Crippen molar-refractivity contribution in [3.05, 3.63) is 35.4 Å². The topological polar surface area (TPSA) is 66.8 Å². The van der Waals surface area contributed by atoms with E-state index in [4.69, 9.17) is 4.74 Å². The first-order valence-electron chi connectivity index (χ1n) is 6.00. The van der Waals surface area contributed by atoms with Crippen LogP contribution in [0, 0.1) is 0 Å². The fraction of sp³-hybridized carbons (Fsp3) is 0.500. The third-order valence-electron chi connectivity index (χ3n) is 2.48. The highest BCUT2D eigenvalue weighted by atomic mass is 16.5. The minimum absolute atomic E-state index is 0.226. The summed E-state index contributed by atoms with van der Waals surface area (Å²) in [6, 6.07) is 7.01. The Morgan fingerprint density at radius 1 is 1.39 bits per heavy atom. The largest absolute Gasteiger partial charge is 0.464 e. The number of benzene rings is 1. The molecule has 1 rings (SSSR count). The number of carbonyl (C=O) groups excluding carboxylic acids is 1. The van der Waals surface area contributed by atoms with Gasteiger partial charge >= 0.3 is 5.97 Å². The first-order valence-corrected chi connectivity index (χ1v) is 6.00. The first kappa shape index (κ1) is 14.7. The van der Waals surface area contributed by atoms with Crippen LogP contribution >= 0.6 is 0 Å². The molecule has 0 aliphatic rings. The zero-order valence-corrected chi connectivity index (χ0v) is 11.0. The molecule has 0 saturated heterocycles. The summed E-state index contributed by atoms with van der Waals surface area (Å²) >= 11 is 0. The predicted molar refractivity (Wildman–Crippen MR) is 68.0 cm³/mol. The van der Waals surface area contributed by atoms with Gasteiger partial charge in [0.05, 0.1) is 12.2 Å². The third kappa shape index (κ3) is 4.13. The smallest absolute Gasteiger partial charge is 0.339 e. The minimum Gasteiger partial charge on any atom is -0.464 e. The van der Waals surface area contributed by atoms with Crippen LogP contribution in [0.15, 0.2) is 24.3 Å². The average molecular weight is 252 g/mol. The molecule has 4 heteroatoms. The van der Waals surface area contributed by atoms with Gasteiger partial charge in [-0.15, -0.1) is 0 Å². The minimum atomic E-state index is -1.30. The molecule has 4 nitrogen and oxygen atoms in total. The zero-order chi connectivity index (χ0) is 13.8. The number of carbonyl (C=O) groups is 1. The lowest BCUT2D eigenvalue weighted by Crippen LogP contribution is -2.24. The summed E-state index contributed by atoms with van der Waals surface area (Å²) < 4.78 is 4.79. The van der Waals surface area contributed by atoms with E-state index in [2.05, 4.69) is 0 Å². The molecule has 1 aromatic rings. The van der Waals surface area contributed by atoms with E-state index in [0.29, 0.717) is 12.0 Å². The van der Waals surface area contributed by atoms with Crippen LogP contribution < -0.4 is 0 Å². The Balaban J connectivity index is 2.98. The molecule has 2 N–H and O–H groups in total. The Labute approximate surface area is 107 Å². The molecule has 0 aromatic heterocycles. The van der Waals surface area contributed by atoms with Crippen LogP contribution in [-0.4, -0.2) is 28.4 Å². The van der Waals surface area contributed by atoms with Gasteiger partial charge in [-0.1, -0.05) is 24.3 Å². The van der Waals surface area contributed by atoms with Gasteiger partial charge in [0.15, 0.2) is 6.10 Å². The molecule has 1 aromatic carbocycles. The van der Waals surface area contributed by atoms with Gasteiger partial charge in [-0.25, -0.2) is 4.79 Å². The van der Waals surface area contributed by atoms with E-state index >= 15 is 0 Å². The quantitative estimate of drug-likeness (QED) is 0.781. The molecule has 0 saturated carbocycles. The second kappa shape index (κ2) is 5.98. The molecule has 0 bridgehead atoms. The van der Waals surface area contributed by atoms with Crippen molar-refractivity contribution >= 4 is 5.97 Å². The maximum Gasteiger partial charge on any atom is 0.339 e. The SMILES string of the molecule is CCOC(=O)C(O)c1ccccc1CC(C)(C)O. The lowest BCUT2D eigenvalue weighted by Gasteiger charge is -2.21. The van der Waals surface area contributed by atoms with Crippen LogP contribution in [0.1, 0.15) is 38.0 Å². The van der Waals surface area contributed by atoms with Gasteiger partial charge in [-0.05, 0) is 31.9 Å². The van der Waals surface area contributed by atoms with Crippen molar-refractivity contribution in [2.75, 3.05) is 6.61 Å². The van der Waals surface area contributed by atoms with Crippen LogP contribution in [0.3, 0.4) is 0 Å². The summed E-state index contributed by atoms with van der Waals surface area (Å²) in [5.41, 5.74) is 0.327. The maximum atomic E-state index is 11.5. The van der Waals surface area contributed by atoms with Crippen molar-refractivity contribution in [3.63, 3.8) is 0 Å². The van der Waals surface area contributed by atoms with Crippen molar-refractivity contribution in [1.82, 2.24) is 0 Å². The molecule has 1 atom stereocenters. The van der Waals surface area contributed by atoms with E-state index < -0.39 is 17.7 Å². The average Bonchev–Trinajstić information content (AvgIpc) is 2.27. The molecule has 0 aliphatic heterocycles. The third-order valence-corrected chi connectivity index (χ3v) is 2.48. The first-order chi connectivity index (χ1) is 8.35. The van der Waals surface area contributed by atoms with E-state index in [1.807, 2.05) is 6.07 Å². The summed E-state index contributed by atoms with van der Waals surface area (Å²) in [4.78, 5) is 11.5. The molecule has 0 heterocycles. The van der Waals surface area contributed by atoms with Crippen LogP contribution in [0.25, 0.3) is 0 Å². The van der Waals surface area contributed by atoms with E-state index in [-0.39, 0.29) is 6.61 Å². The second-order valence-electron chi connectivity index (χ2n) is 4.84. The van der Waals surface area contributed by atoms with Crippen LogP contribution in [0.5, 0.6) is 0 Å². The van der Waals surface area contributed by atoms with Crippen LogP contribution in [-0.2, 0) is 16.0 Å². The summed E-state index contributed by atoms with van der Waals surface area (Å²) in [6.45, 7) is 5.28. The Kier molecular flexibility index (Phi) is 4.87. The van der Waals surface area contributed by atoms with Crippen molar-refractivity contribution in [3.8, 4) is 0 Å². The van der Waals surface area contributed by atoms with Gasteiger partial charge in [0.25, 0.3) is 0 Å². The molecule has 0 aliphatic carbocycles. The Morgan fingerprint density at radius 2 is 2.00 bits per heavy atom. The molecular weight excluding hydrogens is 232 g/mol. The number of hydrogen-bond donors (Lipinski definition) is 2. The van der Waals surface area contributed by atoms with Gasteiger partial charge in [-0.2, -0.15) is 0 Å². The fourth-order valence-corrected chi connectivity index (χ4v) is 1.78. The Bertz CT molecular complexity index is 407. The highest BCUT2D eigenvalue weighted by Gasteiger charge is 2.24. The molecule has 0 amide bonds. The summed E-state index contributed by atoms with van der Waals surface area (Å²) in [5.74, 6) is -0.666. The molecule has 0 spiro atoms. The van der Waals surface area contributed by atoms with Gasteiger partial charge in [0.2, 0.25) is 0 Å².